The van der Waals surface area contributed by atoms with Crippen molar-refractivity contribution < 1.29 is 5.11 Å². The van der Waals surface area contributed by atoms with Gasteiger partial charge in [-0.25, -0.2) is 0 Å². The van der Waals surface area contributed by atoms with Gasteiger partial charge in [0.05, 0.1) is 0 Å². The molecule has 23 heavy (non-hydrogen) atoms. The molecule has 0 unspecified atom stereocenters. The van der Waals surface area contributed by atoms with Crippen molar-refractivity contribution in [1.82, 2.24) is 0 Å². The van der Waals surface area contributed by atoms with Crippen LogP contribution in [0.5, 0.6) is 0 Å². The highest BCUT2D eigenvalue weighted by molar-refractivity contribution is 9.09. The fourth-order valence-electron chi connectivity index (χ4n) is 3.21. The van der Waals surface area contributed by atoms with Crippen LogP contribution < -0.4 is 0 Å². The second kappa shape index (κ2) is 22.4. The van der Waals surface area contributed by atoms with Gasteiger partial charge >= 0.3 is 0 Å². The molecule has 0 aromatic carbocycles. The zero-order valence-electron chi connectivity index (χ0n) is 15.7. The summed E-state index contributed by atoms with van der Waals surface area (Å²) in [4.78, 5) is 0. The lowest BCUT2D eigenvalue weighted by Gasteiger charge is -2.03. The van der Waals surface area contributed by atoms with Crippen molar-refractivity contribution >= 4 is 15.9 Å². The first-order chi connectivity index (χ1) is 11.4. The van der Waals surface area contributed by atoms with Crippen molar-refractivity contribution in [2.45, 2.75) is 122 Å². The minimum Gasteiger partial charge on any atom is -0.396 e. The van der Waals surface area contributed by atoms with E-state index in [2.05, 4.69) is 15.9 Å². The molecule has 0 spiro atoms. The van der Waals surface area contributed by atoms with Gasteiger partial charge in [-0.15, -0.1) is 0 Å². The van der Waals surface area contributed by atoms with Crippen LogP contribution in [0.2, 0.25) is 0 Å². The molecule has 0 aliphatic rings. The number of hydrogen-bond acceptors (Lipinski definition) is 1. The summed E-state index contributed by atoms with van der Waals surface area (Å²) in [7, 11) is 0. The smallest absolute Gasteiger partial charge is 0.0431 e. The predicted octanol–water partition coefficient (Wildman–Crippen LogP) is 7.79. The van der Waals surface area contributed by atoms with Gasteiger partial charge in [0.25, 0.3) is 0 Å². The van der Waals surface area contributed by atoms with E-state index in [9.17, 15) is 0 Å². The lowest BCUT2D eigenvalue weighted by molar-refractivity contribution is 0.282. The topological polar surface area (TPSA) is 20.2 Å². The number of unbranched alkanes of at least 4 members (excludes halogenated alkanes) is 18. The molecule has 2 heteroatoms. The quantitative estimate of drug-likeness (QED) is 0.166. The molecule has 1 nitrogen and oxygen atoms in total. The molecule has 0 bridgehead atoms. The van der Waals surface area contributed by atoms with E-state index < -0.39 is 0 Å². The van der Waals surface area contributed by atoms with E-state index in [1.807, 2.05) is 0 Å². The summed E-state index contributed by atoms with van der Waals surface area (Å²) in [5.41, 5.74) is 0. The Bertz CT molecular complexity index is 176. The maximum absolute atomic E-state index is 8.71. The summed E-state index contributed by atoms with van der Waals surface area (Å²) < 4.78 is 0. The molecule has 0 atom stereocenters. The molecule has 0 aliphatic heterocycles. The Labute approximate surface area is 155 Å². The summed E-state index contributed by atoms with van der Waals surface area (Å²) in [5, 5.41) is 9.89. The Morgan fingerprint density at radius 1 is 0.348 bits per heavy atom. The molecule has 0 saturated carbocycles. The number of hydrogen-bond donors (Lipinski definition) is 1. The molecular weight excluding hydrogens is 348 g/mol. The van der Waals surface area contributed by atoms with Gasteiger partial charge in [0.1, 0.15) is 0 Å². The molecule has 1 N–H and O–H groups in total. The second-order valence-electron chi connectivity index (χ2n) is 7.13. The highest BCUT2D eigenvalue weighted by Crippen LogP contribution is 2.14. The number of alkyl halides is 1. The molecular formula is C21H43BrO. The standard InChI is InChI=1S/C21H43BrO/c22-20-18-16-14-12-10-8-6-4-2-1-3-5-7-9-11-13-15-17-19-21-23/h23H,1-21H2. The molecule has 0 rings (SSSR count). The monoisotopic (exact) mass is 390 g/mol. The fraction of sp³-hybridized carbons (Fsp3) is 1.00. The Morgan fingerprint density at radius 3 is 0.783 bits per heavy atom. The van der Waals surface area contributed by atoms with Crippen molar-refractivity contribution in [3.05, 3.63) is 0 Å². The van der Waals surface area contributed by atoms with Crippen molar-refractivity contribution in [2.24, 2.45) is 0 Å². The predicted molar refractivity (Wildman–Crippen MR) is 109 cm³/mol. The van der Waals surface area contributed by atoms with Crippen LogP contribution in [0, 0.1) is 0 Å². The van der Waals surface area contributed by atoms with E-state index >= 15 is 0 Å². The molecule has 0 aromatic heterocycles. The van der Waals surface area contributed by atoms with E-state index in [1.54, 1.807) is 0 Å². The minimum atomic E-state index is 0.372. The summed E-state index contributed by atoms with van der Waals surface area (Å²) in [6.45, 7) is 0.372. The maximum atomic E-state index is 8.71. The van der Waals surface area contributed by atoms with Crippen molar-refractivity contribution in [2.75, 3.05) is 11.9 Å². The number of halogens is 1. The first-order valence-electron chi connectivity index (χ1n) is 10.6. The lowest BCUT2D eigenvalue weighted by atomic mass is 10.0. The SMILES string of the molecule is OCCCCCCCCCCCCCCCCCCCCCBr. The highest BCUT2D eigenvalue weighted by Gasteiger charge is 1.95. The Morgan fingerprint density at radius 2 is 0.565 bits per heavy atom. The van der Waals surface area contributed by atoms with E-state index in [4.69, 9.17) is 5.11 Å². The van der Waals surface area contributed by atoms with Gasteiger partial charge in [0.15, 0.2) is 0 Å². The van der Waals surface area contributed by atoms with Gasteiger partial charge < -0.3 is 5.11 Å². The van der Waals surface area contributed by atoms with Crippen molar-refractivity contribution in [1.29, 1.82) is 0 Å². The van der Waals surface area contributed by atoms with Crippen LogP contribution in [-0.4, -0.2) is 17.0 Å². The number of aliphatic hydroxyl groups excluding tert-OH is 1. The summed E-state index contributed by atoms with van der Waals surface area (Å²) in [6.07, 6.45) is 26.5. The Hall–Kier alpha value is 0.440. The average molecular weight is 391 g/mol. The molecule has 0 fully saturated rings. The van der Waals surface area contributed by atoms with E-state index in [1.165, 1.54) is 121 Å². The van der Waals surface area contributed by atoms with Gasteiger partial charge in [-0.2, -0.15) is 0 Å². The number of rotatable bonds is 20. The third kappa shape index (κ3) is 22.4. The van der Waals surface area contributed by atoms with Crippen molar-refractivity contribution in [3.63, 3.8) is 0 Å². The first kappa shape index (κ1) is 23.4. The molecule has 0 saturated heterocycles. The van der Waals surface area contributed by atoms with E-state index in [-0.39, 0.29) is 0 Å². The zero-order chi connectivity index (χ0) is 16.8. The molecule has 0 amide bonds. The molecule has 140 valence electrons. The molecule has 0 aromatic rings. The third-order valence-corrected chi connectivity index (χ3v) is 5.35. The molecule has 0 aliphatic carbocycles. The van der Waals surface area contributed by atoms with Crippen LogP contribution >= 0.6 is 15.9 Å². The fourth-order valence-corrected chi connectivity index (χ4v) is 3.61. The van der Waals surface area contributed by atoms with Crippen LogP contribution in [0.25, 0.3) is 0 Å². The maximum Gasteiger partial charge on any atom is 0.0431 e. The van der Waals surface area contributed by atoms with Crippen LogP contribution in [0.4, 0.5) is 0 Å². The van der Waals surface area contributed by atoms with E-state index in [0.717, 1.165) is 6.42 Å². The Kier molecular flexibility index (Phi) is 22.9. The van der Waals surface area contributed by atoms with E-state index in [0.29, 0.717) is 6.61 Å². The lowest BCUT2D eigenvalue weighted by Crippen LogP contribution is -1.85. The van der Waals surface area contributed by atoms with Gasteiger partial charge in [-0.05, 0) is 12.8 Å². The minimum absolute atomic E-state index is 0.372. The summed E-state index contributed by atoms with van der Waals surface area (Å²) in [5.74, 6) is 0. The van der Waals surface area contributed by atoms with Gasteiger partial charge in [-0.3, -0.25) is 0 Å². The van der Waals surface area contributed by atoms with Crippen LogP contribution in [-0.2, 0) is 0 Å². The van der Waals surface area contributed by atoms with Gasteiger partial charge in [0.2, 0.25) is 0 Å². The Balaban J connectivity index is 2.92. The second-order valence-corrected chi connectivity index (χ2v) is 7.92. The third-order valence-electron chi connectivity index (χ3n) is 4.79. The molecule has 0 heterocycles. The molecule has 0 radical (unpaired) electrons. The largest absolute Gasteiger partial charge is 0.396 e. The van der Waals surface area contributed by atoms with Gasteiger partial charge in [-0.1, -0.05) is 125 Å². The van der Waals surface area contributed by atoms with Crippen LogP contribution in [0.3, 0.4) is 0 Å². The van der Waals surface area contributed by atoms with Crippen LogP contribution in [0.1, 0.15) is 122 Å². The normalized spacial score (nSPS) is 11.2. The average Bonchev–Trinajstić information content (AvgIpc) is 2.57. The zero-order valence-corrected chi connectivity index (χ0v) is 17.3. The van der Waals surface area contributed by atoms with Gasteiger partial charge in [0, 0.05) is 11.9 Å². The van der Waals surface area contributed by atoms with Crippen molar-refractivity contribution in [3.8, 4) is 0 Å². The summed E-state index contributed by atoms with van der Waals surface area (Å²) in [6, 6.07) is 0. The summed E-state index contributed by atoms with van der Waals surface area (Å²) >= 11 is 3.49. The van der Waals surface area contributed by atoms with Crippen LogP contribution in [0.15, 0.2) is 0 Å². The first-order valence-corrected chi connectivity index (χ1v) is 11.7. The highest BCUT2D eigenvalue weighted by atomic mass is 79.9. The number of aliphatic hydroxyl groups is 1.